The first-order chi connectivity index (χ1) is 10.2. The summed E-state index contributed by atoms with van der Waals surface area (Å²) >= 11 is 0. The summed E-state index contributed by atoms with van der Waals surface area (Å²) in [5.74, 6) is -3.42. The second-order valence-electron chi connectivity index (χ2n) is 7.97. The fourth-order valence-corrected chi connectivity index (χ4v) is 2.39. The second kappa shape index (κ2) is 6.29. The Morgan fingerprint density at radius 2 is 1.61 bits per heavy atom. The molecular weight excluding hydrogens is 300 g/mol. The third-order valence-corrected chi connectivity index (χ3v) is 3.56. The number of hydrogen-bond acceptors (Lipinski definition) is 5. The van der Waals surface area contributed by atoms with Crippen LogP contribution in [0.4, 0.5) is 4.79 Å². The summed E-state index contributed by atoms with van der Waals surface area (Å²) in [5.41, 5.74) is -1.34. The smallest absolute Gasteiger partial charge is 0.408 e. The molecule has 0 bridgehead atoms. The maximum Gasteiger partial charge on any atom is 0.408 e. The zero-order chi connectivity index (χ0) is 18.2. The third kappa shape index (κ3) is 4.77. The zero-order valence-electron chi connectivity index (χ0n) is 14.8. The molecule has 23 heavy (non-hydrogen) atoms. The molecule has 1 fully saturated rings. The van der Waals surface area contributed by atoms with Crippen molar-refractivity contribution in [1.29, 1.82) is 0 Å². The Morgan fingerprint density at radius 1 is 1.09 bits per heavy atom. The van der Waals surface area contributed by atoms with Gasteiger partial charge in [-0.2, -0.15) is 0 Å². The summed E-state index contributed by atoms with van der Waals surface area (Å²) in [4.78, 5) is 48.3. The van der Waals surface area contributed by atoms with Gasteiger partial charge in [-0.1, -0.05) is 27.7 Å². The van der Waals surface area contributed by atoms with Crippen LogP contribution in [0.15, 0.2) is 0 Å². The fraction of sp³-hybridized carbons (Fsp3) is 0.750. The van der Waals surface area contributed by atoms with Crippen LogP contribution in [0.3, 0.4) is 0 Å². The summed E-state index contributed by atoms with van der Waals surface area (Å²) in [5, 5.41) is 4.70. The molecule has 3 atom stereocenters. The van der Waals surface area contributed by atoms with Gasteiger partial charge in [0.2, 0.25) is 11.8 Å². The van der Waals surface area contributed by atoms with Gasteiger partial charge in [-0.25, -0.2) is 4.79 Å². The molecule has 0 aromatic carbocycles. The molecule has 1 aliphatic rings. The highest BCUT2D eigenvalue weighted by atomic mass is 16.6. The minimum absolute atomic E-state index is 0.474. The summed E-state index contributed by atoms with van der Waals surface area (Å²) in [7, 11) is 0. The predicted molar refractivity (Wildman–Crippen MR) is 83.4 cm³/mol. The third-order valence-electron chi connectivity index (χ3n) is 3.56. The van der Waals surface area contributed by atoms with E-state index in [1.807, 2.05) is 0 Å². The molecule has 2 N–H and O–H groups in total. The van der Waals surface area contributed by atoms with Crippen LogP contribution in [-0.2, 0) is 19.1 Å². The lowest BCUT2D eigenvalue weighted by atomic mass is 9.78. The number of Topliss-reactive ketones (excluding diaryl/α,β-unsaturated/α-hetero) is 1. The van der Waals surface area contributed by atoms with Gasteiger partial charge < -0.3 is 10.1 Å². The summed E-state index contributed by atoms with van der Waals surface area (Å²) in [6.07, 6.45) is -0.733. The topological polar surface area (TPSA) is 102 Å². The maximum absolute atomic E-state index is 12.8. The van der Waals surface area contributed by atoms with Crippen LogP contribution in [0.1, 0.15) is 48.5 Å². The molecule has 0 radical (unpaired) electrons. The molecule has 0 aromatic rings. The van der Waals surface area contributed by atoms with Crippen LogP contribution >= 0.6 is 0 Å². The van der Waals surface area contributed by atoms with Gasteiger partial charge in [-0.05, 0) is 26.2 Å². The van der Waals surface area contributed by atoms with Crippen molar-refractivity contribution in [1.82, 2.24) is 10.6 Å². The van der Waals surface area contributed by atoms with E-state index in [0.717, 1.165) is 0 Å². The molecule has 0 saturated carbocycles. The molecule has 130 valence electrons. The average Bonchev–Trinajstić information content (AvgIpc) is 2.56. The van der Waals surface area contributed by atoms with E-state index in [0.29, 0.717) is 0 Å². The highest BCUT2D eigenvalue weighted by Crippen LogP contribution is 2.28. The van der Waals surface area contributed by atoms with Gasteiger partial charge in [0.05, 0.1) is 12.0 Å². The van der Waals surface area contributed by atoms with Crippen LogP contribution in [0, 0.1) is 17.3 Å². The molecule has 3 amide bonds. The van der Waals surface area contributed by atoms with E-state index in [9.17, 15) is 19.2 Å². The van der Waals surface area contributed by atoms with E-state index >= 15 is 0 Å². The van der Waals surface area contributed by atoms with Gasteiger partial charge in [0.25, 0.3) is 0 Å². The van der Waals surface area contributed by atoms with Gasteiger partial charge >= 0.3 is 6.09 Å². The van der Waals surface area contributed by atoms with Crippen molar-refractivity contribution >= 4 is 23.7 Å². The maximum atomic E-state index is 12.8. The minimum atomic E-state index is -1.10. The number of ketones is 1. The Hall–Kier alpha value is -1.92. The molecule has 0 aliphatic carbocycles. The number of rotatable bonds is 3. The highest BCUT2D eigenvalue weighted by Gasteiger charge is 2.48. The quantitative estimate of drug-likeness (QED) is 0.603. The standard InChI is InChI=1S/C16H26N2O5/c1-8-9(13(21)18-12(8)20)10(19)11(15(2,3)4)17-14(22)23-16(5,6)7/h8-9,11H,1-7H3,(H,17,22)(H,18,20,21)/t8-,9+,11+/m0/s1. The largest absolute Gasteiger partial charge is 0.444 e. The molecule has 1 rings (SSSR count). The fourth-order valence-electron chi connectivity index (χ4n) is 2.39. The lowest BCUT2D eigenvalue weighted by Gasteiger charge is -2.32. The van der Waals surface area contributed by atoms with E-state index in [-0.39, 0.29) is 0 Å². The van der Waals surface area contributed by atoms with E-state index in [1.54, 1.807) is 41.5 Å². The van der Waals surface area contributed by atoms with Crippen LogP contribution in [-0.4, -0.2) is 35.3 Å². The van der Waals surface area contributed by atoms with Gasteiger partial charge in [-0.15, -0.1) is 0 Å². The summed E-state index contributed by atoms with van der Waals surface area (Å²) < 4.78 is 5.18. The van der Waals surface area contributed by atoms with E-state index in [1.165, 1.54) is 6.92 Å². The Labute approximate surface area is 136 Å². The Kier molecular flexibility index (Phi) is 5.23. The van der Waals surface area contributed by atoms with Gasteiger partial charge in [0.1, 0.15) is 11.5 Å². The van der Waals surface area contributed by atoms with Crippen molar-refractivity contribution < 1.29 is 23.9 Å². The first-order valence-electron chi connectivity index (χ1n) is 7.62. The van der Waals surface area contributed by atoms with Crippen LogP contribution < -0.4 is 10.6 Å². The lowest BCUT2D eigenvalue weighted by Crippen LogP contribution is -2.53. The first kappa shape index (κ1) is 19.1. The number of ether oxygens (including phenoxy) is 1. The molecule has 0 unspecified atom stereocenters. The Morgan fingerprint density at radius 3 is 1.96 bits per heavy atom. The molecule has 1 saturated heterocycles. The Balaban J connectivity index is 2.99. The Bertz CT molecular complexity index is 528. The van der Waals surface area contributed by atoms with E-state index < -0.39 is 52.6 Å². The summed E-state index contributed by atoms with van der Waals surface area (Å²) in [6, 6.07) is -0.943. The van der Waals surface area contributed by atoms with Crippen molar-refractivity contribution in [3.05, 3.63) is 0 Å². The monoisotopic (exact) mass is 326 g/mol. The zero-order valence-corrected chi connectivity index (χ0v) is 14.8. The molecule has 0 aromatic heterocycles. The molecule has 7 nitrogen and oxygen atoms in total. The van der Waals surface area contributed by atoms with Gasteiger partial charge in [0.15, 0.2) is 5.78 Å². The van der Waals surface area contributed by atoms with Crippen molar-refractivity contribution in [2.75, 3.05) is 0 Å². The van der Waals surface area contributed by atoms with Crippen molar-refractivity contribution in [3.8, 4) is 0 Å². The normalized spacial score (nSPS) is 23.3. The van der Waals surface area contributed by atoms with Gasteiger partial charge in [0, 0.05) is 0 Å². The summed E-state index contributed by atoms with van der Waals surface area (Å²) in [6.45, 7) is 12.0. The van der Waals surface area contributed by atoms with Crippen molar-refractivity contribution in [2.24, 2.45) is 17.3 Å². The molecule has 1 aliphatic heterocycles. The molecule has 7 heteroatoms. The number of hydrogen-bond donors (Lipinski definition) is 2. The second-order valence-corrected chi connectivity index (χ2v) is 7.97. The number of imide groups is 1. The number of alkyl carbamates (subject to hydrolysis) is 1. The highest BCUT2D eigenvalue weighted by molar-refractivity contribution is 6.16. The molecule has 0 spiro atoms. The predicted octanol–water partition coefficient (Wildman–Crippen LogP) is 1.40. The SMILES string of the molecule is C[C@@H]1C(=O)NC(=O)[C@H]1C(=O)[C@@H](NC(=O)OC(C)(C)C)C(C)(C)C. The van der Waals surface area contributed by atoms with Crippen molar-refractivity contribution in [2.45, 2.75) is 60.1 Å². The van der Waals surface area contributed by atoms with E-state index in [2.05, 4.69) is 10.6 Å². The number of amides is 3. The number of carbonyl (C=O) groups is 4. The number of nitrogens with one attached hydrogen (secondary N) is 2. The first-order valence-corrected chi connectivity index (χ1v) is 7.62. The number of carbonyl (C=O) groups excluding carboxylic acids is 4. The van der Waals surface area contributed by atoms with Crippen LogP contribution in [0.25, 0.3) is 0 Å². The minimum Gasteiger partial charge on any atom is -0.444 e. The van der Waals surface area contributed by atoms with E-state index in [4.69, 9.17) is 4.74 Å². The molecular formula is C16H26N2O5. The lowest BCUT2D eigenvalue weighted by molar-refractivity contribution is -0.136. The van der Waals surface area contributed by atoms with Crippen LogP contribution in [0.2, 0.25) is 0 Å². The van der Waals surface area contributed by atoms with Gasteiger partial charge in [-0.3, -0.25) is 19.7 Å². The van der Waals surface area contributed by atoms with Crippen LogP contribution in [0.5, 0.6) is 0 Å². The molecule has 1 heterocycles. The average molecular weight is 326 g/mol. The van der Waals surface area contributed by atoms with Crippen molar-refractivity contribution in [3.63, 3.8) is 0 Å².